The van der Waals surface area contributed by atoms with Gasteiger partial charge in [0.25, 0.3) is 0 Å². The van der Waals surface area contributed by atoms with Crippen molar-refractivity contribution in [3.05, 3.63) is 35.9 Å². The van der Waals surface area contributed by atoms with Gasteiger partial charge in [-0.25, -0.2) is 0 Å². The van der Waals surface area contributed by atoms with Gasteiger partial charge in [-0.2, -0.15) is 0 Å². The van der Waals surface area contributed by atoms with Crippen molar-refractivity contribution in [2.24, 2.45) is 0 Å². The van der Waals surface area contributed by atoms with Gasteiger partial charge in [0.05, 0.1) is 0 Å². The predicted molar refractivity (Wildman–Crippen MR) is 84.0 cm³/mol. The van der Waals surface area contributed by atoms with Gasteiger partial charge < -0.3 is 4.90 Å². The third-order valence-electron chi connectivity index (χ3n) is 4.57. The van der Waals surface area contributed by atoms with Gasteiger partial charge in [-0.3, -0.25) is 0 Å². The Morgan fingerprint density at radius 1 is 1.11 bits per heavy atom. The first-order valence-electron chi connectivity index (χ1n) is 7.64. The fraction of sp³-hybridized carbons (Fsp3) is 0.647. The molecule has 1 aromatic rings. The molecule has 0 saturated heterocycles. The van der Waals surface area contributed by atoms with E-state index >= 15 is 0 Å². The van der Waals surface area contributed by atoms with E-state index in [1.54, 1.807) is 0 Å². The second kappa shape index (κ2) is 7.31. The van der Waals surface area contributed by atoms with Crippen molar-refractivity contribution in [2.75, 3.05) is 25.5 Å². The van der Waals surface area contributed by atoms with Crippen molar-refractivity contribution in [2.45, 2.75) is 44.4 Å². The van der Waals surface area contributed by atoms with E-state index < -0.39 is 0 Å². The molecule has 106 valence electrons. The Balaban J connectivity index is 2.19. The highest BCUT2D eigenvalue weighted by Crippen LogP contribution is 2.40. The van der Waals surface area contributed by atoms with Gasteiger partial charge in [-0.05, 0) is 24.9 Å². The van der Waals surface area contributed by atoms with Gasteiger partial charge in [-0.15, -0.1) is 11.6 Å². The van der Waals surface area contributed by atoms with Gasteiger partial charge >= 0.3 is 0 Å². The highest BCUT2D eigenvalue weighted by molar-refractivity contribution is 6.18. The molecule has 0 spiro atoms. The zero-order valence-corrected chi connectivity index (χ0v) is 12.8. The highest BCUT2D eigenvalue weighted by Gasteiger charge is 2.34. The van der Waals surface area contributed by atoms with Gasteiger partial charge in [0.2, 0.25) is 0 Å². The van der Waals surface area contributed by atoms with E-state index in [4.69, 9.17) is 11.6 Å². The number of likely N-dealkylation sites (N-methyl/N-ethyl adjacent to an activating group) is 1. The zero-order valence-electron chi connectivity index (χ0n) is 12.1. The molecule has 0 amide bonds. The lowest BCUT2D eigenvalue weighted by atomic mass is 9.69. The van der Waals surface area contributed by atoms with Crippen molar-refractivity contribution in [3.8, 4) is 0 Å². The minimum absolute atomic E-state index is 0.363. The first-order valence-corrected chi connectivity index (χ1v) is 8.18. The van der Waals surface area contributed by atoms with E-state index in [2.05, 4.69) is 42.2 Å². The Labute approximate surface area is 123 Å². The molecule has 1 aromatic carbocycles. The first kappa shape index (κ1) is 14.9. The van der Waals surface area contributed by atoms with Crippen LogP contribution in [-0.2, 0) is 5.41 Å². The lowest BCUT2D eigenvalue weighted by Crippen LogP contribution is -2.43. The lowest BCUT2D eigenvalue weighted by Gasteiger charge is -2.41. The zero-order chi connectivity index (χ0) is 13.6. The maximum Gasteiger partial charge on any atom is 0.0351 e. The second-order valence-corrected chi connectivity index (χ2v) is 6.14. The van der Waals surface area contributed by atoms with Gasteiger partial charge in [0.1, 0.15) is 0 Å². The van der Waals surface area contributed by atoms with Crippen LogP contribution in [-0.4, -0.2) is 30.4 Å². The maximum atomic E-state index is 5.94. The Morgan fingerprint density at radius 3 is 2.37 bits per heavy atom. The molecule has 0 heterocycles. The van der Waals surface area contributed by atoms with Crippen LogP contribution in [0, 0.1) is 0 Å². The minimum atomic E-state index is 0.363. The van der Waals surface area contributed by atoms with Crippen molar-refractivity contribution in [1.82, 2.24) is 4.90 Å². The van der Waals surface area contributed by atoms with Gasteiger partial charge in [0, 0.05) is 24.4 Å². The number of hydrogen-bond acceptors (Lipinski definition) is 1. The maximum absolute atomic E-state index is 5.94. The molecule has 1 fully saturated rings. The molecule has 0 unspecified atom stereocenters. The normalized spacial score (nSPS) is 18.7. The fourth-order valence-electron chi connectivity index (χ4n) is 3.45. The third kappa shape index (κ3) is 3.73. The summed E-state index contributed by atoms with van der Waals surface area (Å²) in [5, 5.41) is 0. The number of rotatable bonds is 6. The summed E-state index contributed by atoms with van der Waals surface area (Å²) in [5.74, 6) is 0.735. The van der Waals surface area contributed by atoms with Crippen molar-refractivity contribution in [1.29, 1.82) is 0 Å². The quantitative estimate of drug-likeness (QED) is 0.696. The molecule has 2 rings (SSSR count). The molecule has 0 aromatic heterocycles. The summed E-state index contributed by atoms with van der Waals surface area (Å²) in [6, 6.07) is 11.1. The average Bonchev–Trinajstić information content (AvgIpc) is 2.49. The van der Waals surface area contributed by atoms with E-state index in [1.165, 1.54) is 44.2 Å². The summed E-state index contributed by atoms with van der Waals surface area (Å²) in [5.41, 5.74) is 1.89. The van der Waals surface area contributed by atoms with Crippen LogP contribution in [0.2, 0.25) is 0 Å². The molecule has 0 radical (unpaired) electrons. The van der Waals surface area contributed by atoms with Crippen LogP contribution in [0.15, 0.2) is 30.3 Å². The molecule has 1 saturated carbocycles. The number of halogens is 1. The number of hydrogen-bond donors (Lipinski definition) is 0. The van der Waals surface area contributed by atoms with Crippen LogP contribution in [0.5, 0.6) is 0 Å². The Bertz CT molecular complexity index is 357. The van der Waals surface area contributed by atoms with E-state index in [-0.39, 0.29) is 0 Å². The summed E-state index contributed by atoms with van der Waals surface area (Å²) in [7, 11) is 0. The molecule has 0 bridgehead atoms. The number of benzene rings is 1. The van der Waals surface area contributed by atoms with Crippen molar-refractivity contribution >= 4 is 11.6 Å². The Hall–Kier alpha value is -0.530. The van der Waals surface area contributed by atoms with Crippen LogP contribution in [0.25, 0.3) is 0 Å². The topological polar surface area (TPSA) is 3.24 Å². The van der Waals surface area contributed by atoms with Crippen LogP contribution >= 0.6 is 11.6 Å². The van der Waals surface area contributed by atoms with Gasteiger partial charge in [-0.1, -0.05) is 56.5 Å². The SMILES string of the molecule is CCN(CCCl)CC1(c2ccccc2)CCCCC1. The van der Waals surface area contributed by atoms with Crippen LogP contribution in [0.1, 0.15) is 44.6 Å². The summed E-state index contributed by atoms with van der Waals surface area (Å²) >= 11 is 5.94. The molecule has 1 aliphatic rings. The molecule has 19 heavy (non-hydrogen) atoms. The molecule has 0 aliphatic heterocycles. The van der Waals surface area contributed by atoms with Crippen molar-refractivity contribution in [3.63, 3.8) is 0 Å². The van der Waals surface area contributed by atoms with Crippen molar-refractivity contribution < 1.29 is 0 Å². The van der Waals surface area contributed by atoms with Crippen LogP contribution in [0.3, 0.4) is 0 Å². The second-order valence-electron chi connectivity index (χ2n) is 5.76. The Morgan fingerprint density at radius 2 is 1.79 bits per heavy atom. The van der Waals surface area contributed by atoms with E-state index in [1.807, 2.05) is 0 Å². The fourth-order valence-corrected chi connectivity index (χ4v) is 3.69. The van der Waals surface area contributed by atoms with Crippen LogP contribution < -0.4 is 0 Å². The lowest BCUT2D eigenvalue weighted by molar-refractivity contribution is 0.180. The Kier molecular flexibility index (Phi) is 5.72. The molecule has 0 atom stereocenters. The monoisotopic (exact) mass is 279 g/mol. The molecule has 1 aliphatic carbocycles. The average molecular weight is 280 g/mol. The summed E-state index contributed by atoms with van der Waals surface area (Å²) in [6.07, 6.45) is 6.79. The van der Waals surface area contributed by atoms with E-state index in [0.717, 1.165) is 19.0 Å². The summed E-state index contributed by atoms with van der Waals surface area (Å²) in [4.78, 5) is 2.52. The summed E-state index contributed by atoms with van der Waals surface area (Å²) in [6.45, 7) is 5.52. The van der Waals surface area contributed by atoms with E-state index in [9.17, 15) is 0 Å². The molecular formula is C17H26ClN. The highest BCUT2D eigenvalue weighted by atomic mass is 35.5. The molecule has 1 nitrogen and oxygen atoms in total. The van der Waals surface area contributed by atoms with Crippen LogP contribution in [0.4, 0.5) is 0 Å². The predicted octanol–water partition coefficient (Wildman–Crippen LogP) is 4.45. The van der Waals surface area contributed by atoms with E-state index in [0.29, 0.717) is 5.41 Å². The third-order valence-corrected chi connectivity index (χ3v) is 4.74. The minimum Gasteiger partial charge on any atom is -0.302 e. The molecular weight excluding hydrogens is 254 g/mol. The standard InChI is InChI=1S/C17H26ClN/c1-2-19(14-13-18)15-17(11-7-4-8-12-17)16-9-5-3-6-10-16/h3,5-6,9-10H,2,4,7-8,11-15H2,1H3. The summed E-state index contributed by atoms with van der Waals surface area (Å²) < 4.78 is 0. The number of alkyl halides is 1. The number of nitrogens with zero attached hydrogens (tertiary/aromatic N) is 1. The molecule has 2 heteroatoms. The molecule has 0 N–H and O–H groups in total. The van der Waals surface area contributed by atoms with Gasteiger partial charge in [0.15, 0.2) is 0 Å². The first-order chi connectivity index (χ1) is 9.30. The smallest absolute Gasteiger partial charge is 0.0351 e. The largest absolute Gasteiger partial charge is 0.302 e.